The highest BCUT2D eigenvalue weighted by Gasteiger charge is 2.00. The van der Waals surface area contributed by atoms with E-state index in [4.69, 9.17) is 9.47 Å². The maximum absolute atomic E-state index is 5.87. The Hall–Kier alpha value is -2.74. The highest BCUT2D eigenvalue weighted by Crippen LogP contribution is 2.18. The average Bonchev–Trinajstić information content (AvgIpc) is 2.61. The molecule has 0 spiro atoms. The fourth-order valence-corrected chi connectivity index (χ4v) is 2.41. The van der Waals surface area contributed by atoms with Crippen LogP contribution in [0, 0.1) is 13.8 Å². The normalized spacial score (nSPS) is 10.4. The maximum Gasteiger partial charge on any atom is 0.122 e. The second-order valence-electron chi connectivity index (χ2n) is 5.97. The smallest absolute Gasteiger partial charge is 0.122 e. The predicted molar refractivity (Wildman–Crippen MR) is 97.5 cm³/mol. The minimum absolute atomic E-state index is 0.571. The molecule has 2 nitrogen and oxygen atoms in total. The van der Waals surface area contributed by atoms with Crippen LogP contribution in [0.15, 0.2) is 72.8 Å². The van der Waals surface area contributed by atoms with E-state index in [1.807, 2.05) is 30.3 Å². The molecule has 0 aromatic heterocycles. The minimum Gasteiger partial charge on any atom is -0.489 e. The van der Waals surface area contributed by atoms with Crippen molar-refractivity contribution in [3.8, 4) is 11.5 Å². The molecular formula is C22H22O2. The summed E-state index contributed by atoms with van der Waals surface area (Å²) in [4.78, 5) is 0. The molecule has 0 heterocycles. The van der Waals surface area contributed by atoms with Gasteiger partial charge in [-0.25, -0.2) is 0 Å². The SMILES string of the molecule is Cc1ccc(OCc2ccc(COc3ccccc3C)cc2)cc1. The van der Waals surface area contributed by atoms with E-state index < -0.39 is 0 Å². The first-order valence-corrected chi connectivity index (χ1v) is 8.16. The van der Waals surface area contributed by atoms with Gasteiger partial charge >= 0.3 is 0 Å². The summed E-state index contributed by atoms with van der Waals surface area (Å²) in [6.07, 6.45) is 0. The van der Waals surface area contributed by atoms with Crippen LogP contribution in [-0.4, -0.2) is 0 Å². The van der Waals surface area contributed by atoms with Crippen LogP contribution >= 0.6 is 0 Å². The lowest BCUT2D eigenvalue weighted by Crippen LogP contribution is -1.99. The largest absolute Gasteiger partial charge is 0.489 e. The lowest BCUT2D eigenvalue weighted by molar-refractivity contribution is 0.301. The van der Waals surface area contributed by atoms with Crippen LogP contribution in [0.2, 0.25) is 0 Å². The Bertz CT molecular complexity index is 774. The first-order chi connectivity index (χ1) is 11.7. The molecule has 3 aromatic rings. The zero-order valence-corrected chi connectivity index (χ0v) is 14.2. The molecule has 0 radical (unpaired) electrons. The van der Waals surface area contributed by atoms with Gasteiger partial charge in [-0.05, 0) is 48.7 Å². The van der Waals surface area contributed by atoms with Gasteiger partial charge in [-0.1, -0.05) is 60.2 Å². The quantitative estimate of drug-likeness (QED) is 0.600. The van der Waals surface area contributed by atoms with Crippen LogP contribution in [-0.2, 0) is 13.2 Å². The molecule has 0 aliphatic rings. The number of ether oxygens (including phenoxy) is 2. The Morgan fingerprint density at radius 3 is 1.83 bits per heavy atom. The third kappa shape index (κ3) is 4.39. The van der Waals surface area contributed by atoms with Gasteiger partial charge in [-0.2, -0.15) is 0 Å². The average molecular weight is 318 g/mol. The van der Waals surface area contributed by atoms with E-state index in [0.717, 1.165) is 28.2 Å². The van der Waals surface area contributed by atoms with Crippen molar-refractivity contribution in [1.82, 2.24) is 0 Å². The second-order valence-corrected chi connectivity index (χ2v) is 5.97. The van der Waals surface area contributed by atoms with Crippen molar-refractivity contribution >= 4 is 0 Å². The summed E-state index contributed by atoms with van der Waals surface area (Å²) < 4.78 is 11.7. The number of benzene rings is 3. The summed E-state index contributed by atoms with van der Waals surface area (Å²) in [6, 6.07) is 24.5. The number of rotatable bonds is 6. The van der Waals surface area contributed by atoms with Crippen LogP contribution in [0.3, 0.4) is 0 Å². The maximum atomic E-state index is 5.87. The van der Waals surface area contributed by atoms with E-state index in [9.17, 15) is 0 Å². The van der Waals surface area contributed by atoms with E-state index in [2.05, 4.69) is 56.3 Å². The van der Waals surface area contributed by atoms with Crippen molar-refractivity contribution in [2.45, 2.75) is 27.1 Å². The molecule has 0 atom stereocenters. The van der Waals surface area contributed by atoms with E-state index in [1.54, 1.807) is 0 Å². The molecule has 0 saturated carbocycles. The monoisotopic (exact) mass is 318 g/mol. The van der Waals surface area contributed by atoms with Crippen molar-refractivity contribution in [2.75, 3.05) is 0 Å². The Balaban J connectivity index is 1.53. The van der Waals surface area contributed by atoms with E-state index in [1.165, 1.54) is 5.56 Å². The molecule has 0 saturated heterocycles. The first-order valence-electron chi connectivity index (χ1n) is 8.16. The van der Waals surface area contributed by atoms with Crippen LogP contribution in [0.4, 0.5) is 0 Å². The summed E-state index contributed by atoms with van der Waals surface area (Å²) in [7, 11) is 0. The topological polar surface area (TPSA) is 18.5 Å². The fourth-order valence-electron chi connectivity index (χ4n) is 2.41. The Kier molecular flexibility index (Phi) is 5.17. The third-order valence-corrected chi connectivity index (χ3v) is 3.94. The second kappa shape index (κ2) is 7.69. The Morgan fingerprint density at radius 1 is 0.625 bits per heavy atom. The van der Waals surface area contributed by atoms with Crippen molar-refractivity contribution in [3.63, 3.8) is 0 Å². The van der Waals surface area contributed by atoms with Crippen LogP contribution in [0.5, 0.6) is 11.5 Å². The Morgan fingerprint density at radius 2 is 1.21 bits per heavy atom. The van der Waals surface area contributed by atoms with Gasteiger partial charge in [0.25, 0.3) is 0 Å². The molecule has 0 aliphatic heterocycles. The van der Waals surface area contributed by atoms with Gasteiger partial charge < -0.3 is 9.47 Å². The fraction of sp³-hybridized carbons (Fsp3) is 0.182. The Labute approximate surface area is 143 Å². The molecule has 0 N–H and O–H groups in total. The number of hydrogen-bond donors (Lipinski definition) is 0. The molecule has 0 amide bonds. The number of aryl methyl sites for hydroxylation is 2. The summed E-state index contributed by atoms with van der Waals surface area (Å²) in [6.45, 7) is 5.27. The van der Waals surface area contributed by atoms with Gasteiger partial charge in [0, 0.05) is 0 Å². The lowest BCUT2D eigenvalue weighted by Gasteiger charge is -2.10. The molecule has 0 fully saturated rings. The van der Waals surface area contributed by atoms with Crippen molar-refractivity contribution in [2.24, 2.45) is 0 Å². The van der Waals surface area contributed by atoms with Crippen LogP contribution in [0.25, 0.3) is 0 Å². The van der Waals surface area contributed by atoms with Crippen LogP contribution in [0.1, 0.15) is 22.3 Å². The zero-order valence-electron chi connectivity index (χ0n) is 14.2. The lowest BCUT2D eigenvalue weighted by atomic mass is 10.1. The van der Waals surface area contributed by atoms with E-state index in [-0.39, 0.29) is 0 Å². The highest BCUT2D eigenvalue weighted by atomic mass is 16.5. The molecule has 122 valence electrons. The molecule has 3 aromatic carbocycles. The summed E-state index contributed by atoms with van der Waals surface area (Å²) in [5.74, 6) is 1.83. The molecule has 3 rings (SSSR count). The molecule has 0 bridgehead atoms. The van der Waals surface area contributed by atoms with E-state index in [0.29, 0.717) is 13.2 Å². The van der Waals surface area contributed by atoms with Gasteiger partial charge in [-0.3, -0.25) is 0 Å². The molecular weight excluding hydrogens is 296 g/mol. The molecule has 2 heteroatoms. The standard InChI is InChI=1S/C22H22O2/c1-17-7-13-21(14-8-17)23-15-19-9-11-20(12-10-19)16-24-22-6-4-3-5-18(22)2/h3-14H,15-16H2,1-2H3. The summed E-state index contributed by atoms with van der Waals surface area (Å²) in [5.41, 5.74) is 4.69. The molecule has 24 heavy (non-hydrogen) atoms. The van der Waals surface area contributed by atoms with Crippen molar-refractivity contribution in [3.05, 3.63) is 95.1 Å². The highest BCUT2D eigenvalue weighted by molar-refractivity contribution is 5.32. The predicted octanol–water partition coefficient (Wildman–Crippen LogP) is 5.46. The van der Waals surface area contributed by atoms with Gasteiger partial charge in [0.15, 0.2) is 0 Å². The molecule has 0 aliphatic carbocycles. The van der Waals surface area contributed by atoms with E-state index >= 15 is 0 Å². The van der Waals surface area contributed by atoms with Gasteiger partial charge in [-0.15, -0.1) is 0 Å². The van der Waals surface area contributed by atoms with Crippen LogP contribution < -0.4 is 9.47 Å². The van der Waals surface area contributed by atoms with Crippen molar-refractivity contribution in [1.29, 1.82) is 0 Å². The van der Waals surface area contributed by atoms with Gasteiger partial charge in [0.05, 0.1) is 0 Å². The third-order valence-electron chi connectivity index (χ3n) is 3.94. The first kappa shape index (κ1) is 16.1. The summed E-state index contributed by atoms with van der Waals surface area (Å²) >= 11 is 0. The number of hydrogen-bond acceptors (Lipinski definition) is 2. The van der Waals surface area contributed by atoms with Gasteiger partial charge in [0.1, 0.15) is 24.7 Å². The minimum atomic E-state index is 0.571. The summed E-state index contributed by atoms with van der Waals surface area (Å²) in [5, 5.41) is 0. The van der Waals surface area contributed by atoms with Crippen molar-refractivity contribution < 1.29 is 9.47 Å². The zero-order chi connectivity index (χ0) is 16.8. The number of para-hydroxylation sites is 1. The van der Waals surface area contributed by atoms with Gasteiger partial charge in [0.2, 0.25) is 0 Å². The molecule has 0 unspecified atom stereocenters.